The summed E-state index contributed by atoms with van der Waals surface area (Å²) in [4.78, 5) is 37.5. The molecule has 2 aromatic carbocycles. The predicted molar refractivity (Wildman–Crippen MR) is 130 cm³/mol. The van der Waals surface area contributed by atoms with Crippen molar-refractivity contribution in [1.82, 2.24) is 20.2 Å². The second-order valence-corrected chi connectivity index (χ2v) is 8.02. The number of hydrogen-bond donors (Lipinski definition) is 3. The number of nitrogens with one attached hydrogen (secondary N) is 3. The third-order valence-electron chi connectivity index (χ3n) is 5.41. The van der Waals surface area contributed by atoms with Crippen LogP contribution in [0.25, 0.3) is 0 Å². The van der Waals surface area contributed by atoms with Gasteiger partial charge in [-0.2, -0.15) is 4.98 Å². The maximum absolute atomic E-state index is 12.8. The van der Waals surface area contributed by atoms with Gasteiger partial charge in [-0.25, -0.2) is 4.98 Å². The molecule has 2 heterocycles. The number of benzene rings is 2. The average Bonchev–Trinajstić information content (AvgIpc) is 2.93. The number of amides is 2. The highest BCUT2D eigenvalue weighted by molar-refractivity contribution is 6.33. The van der Waals surface area contributed by atoms with Crippen LogP contribution in [0.2, 0.25) is 5.02 Å². The molecule has 2 amide bonds. The van der Waals surface area contributed by atoms with Crippen LogP contribution in [0.5, 0.6) is 0 Å². The fourth-order valence-corrected chi connectivity index (χ4v) is 3.77. The van der Waals surface area contributed by atoms with E-state index in [9.17, 15) is 9.59 Å². The van der Waals surface area contributed by atoms with E-state index in [2.05, 4.69) is 25.9 Å². The molecule has 33 heavy (non-hydrogen) atoms. The van der Waals surface area contributed by atoms with Crippen molar-refractivity contribution in [3.8, 4) is 0 Å². The maximum Gasteiger partial charge on any atom is 0.255 e. The van der Waals surface area contributed by atoms with E-state index in [1.54, 1.807) is 37.2 Å². The van der Waals surface area contributed by atoms with Crippen molar-refractivity contribution >= 4 is 52.2 Å². The van der Waals surface area contributed by atoms with Crippen LogP contribution in [0.1, 0.15) is 20.7 Å². The van der Waals surface area contributed by atoms with Crippen molar-refractivity contribution in [3.05, 3.63) is 64.8 Å². The molecule has 4 rings (SSSR count). The topological polar surface area (TPSA) is 102 Å². The number of hydrogen-bond acceptors (Lipinski definition) is 7. The minimum Gasteiger partial charge on any atom is -0.370 e. The fourth-order valence-electron chi connectivity index (χ4n) is 3.63. The first-order valence-electron chi connectivity index (χ1n) is 10.4. The van der Waals surface area contributed by atoms with Crippen LogP contribution in [0.15, 0.2) is 48.7 Å². The average molecular weight is 466 g/mol. The lowest BCUT2D eigenvalue weighted by atomic mass is 10.1. The standard InChI is InChI=1S/C23H24ClN7O2/c1-25-21(32)14-7-4-5-9-17(14)27-20-16(24)13-26-23(29-20)28-18-10-6-8-15-19(18)30(2)11-12-31(3)22(15)33/h4-10,13H,11-12H2,1-3H3,(H,25,32)(H2,26,27,28,29). The summed E-state index contributed by atoms with van der Waals surface area (Å²) in [6.45, 7) is 1.32. The molecule has 3 N–H and O–H groups in total. The molecule has 0 fully saturated rings. The molecule has 0 saturated carbocycles. The summed E-state index contributed by atoms with van der Waals surface area (Å²) in [5.74, 6) is 0.373. The van der Waals surface area contributed by atoms with E-state index in [1.165, 1.54) is 6.20 Å². The van der Waals surface area contributed by atoms with E-state index >= 15 is 0 Å². The monoisotopic (exact) mass is 465 g/mol. The van der Waals surface area contributed by atoms with Gasteiger partial charge in [-0.1, -0.05) is 29.8 Å². The van der Waals surface area contributed by atoms with Crippen molar-refractivity contribution in [2.45, 2.75) is 0 Å². The summed E-state index contributed by atoms with van der Waals surface area (Å²) in [7, 11) is 5.31. The van der Waals surface area contributed by atoms with Gasteiger partial charge in [0, 0.05) is 34.2 Å². The molecule has 0 spiro atoms. The quantitative estimate of drug-likeness (QED) is 0.530. The van der Waals surface area contributed by atoms with Gasteiger partial charge in [-0.15, -0.1) is 0 Å². The molecular formula is C23H24ClN7O2. The highest BCUT2D eigenvalue weighted by atomic mass is 35.5. The summed E-state index contributed by atoms with van der Waals surface area (Å²) < 4.78 is 0. The molecule has 3 aromatic rings. The number of halogens is 1. The number of anilines is 5. The Bertz CT molecular complexity index is 1220. The van der Waals surface area contributed by atoms with Crippen molar-refractivity contribution in [2.24, 2.45) is 0 Å². The van der Waals surface area contributed by atoms with E-state index in [4.69, 9.17) is 11.6 Å². The molecule has 10 heteroatoms. The third-order valence-corrected chi connectivity index (χ3v) is 5.68. The largest absolute Gasteiger partial charge is 0.370 e. The van der Waals surface area contributed by atoms with E-state index in [1.807, 2.05) is 36.2 Å². The zero-order valence-electron chi connectivity index (χ0n) is 18.5. The molecule has 1 aromatic heterocycles. The van der Waals surface area contributed by atoms with E-state index in [0.29, 0.717) is 52.4 Å². The van der Waals surface area contributed by atoms with Gasteiger partial charge in [0.15, 0.2) is 5.82 Å². The summed E-state index contributed by atoms with van der Waals surface area (Å²) in [5.41, 5.74) is 3.11. The molecule has 0 saturated heterocycles. The number of para-hydroxylation sites is 2. The van der Waals surface area contributed by atoms with Gasteiger partial charge in [0.1, 0.15) is 5.02 Å². The SMILES string of the molecule is CNC(=O)c1ccccc1Nc1nc(Nc2cccc3c2N(C)CCN(C)C3=O)ncc1Cl. The zero-order chi connectivity index (χ0) is 23.5. The lowest BCUT2D eigenvalue weighted by molar-refractivity contribution is 0.0804. The lowest BCUT2D eigenvalue weighted by Crippen LogP contribution is -2.29. The van der Waals surface area contributed by atoms with Crippen LogP contribution < -0.4 is 20.9 Å². The normalized spacial score (nSPS) is 13.3. The summed E-state index contributed by atoms with van der Waals surface area (Å²) >= 11 is 6.34. The van der Waals surface area contributed by atoms with E-state index in [-0.39, 0.29) is 11.8 Å². The molecule has 9 nitrogen and oxygen atoms in total. The van der Waals surface area contributed by atoms with Gasteiger partial charge in [0.2, 0.25) is 5.95 Å². The Balaban J connectivity index is 1.67. The molecule has 0 unspecified atom stereocenters. The van der Waals surface area contributed by atoms with Gasteiger partial charge < -0.3 is 25.8 Å². The lowest BCUT2D eigenvalue weighted by Gasteiger charge is -2.22. The number of nitrogens with zero attached hydrogens (tertiary/aromatic N) is 4. The Morgan fingerprint density at radius 2 is 1.73 bits per heavy atom. The third kappa shape index (κ3) is 4.54. The first kappa shape index (κ1) is 22.3. The molecule has 0 radical (unpaired) electrons. The van der Waals surface area contributed by atoms with Gasteiger partial charge in [-0.3, -0.25) is 9.59 Å². The zero-order valence-corrected chi connectivity index (χ0v) is 19.3. The van der Waals surface area contributed by atoms with Crippen LogP contribution in [-0.4, -0.2) is 60.9 Å². The summed E-state index contributed by atoms with van der Waals surface area (Å²) in [6, 6.07) is 12.6. The van der Waals surface area contributed by atoms with Crippen LogP contribution >= 0.6 is 11.6 Å². The molecule has 0 atom stereocenters. The van der Waals surface area contributed by atoms with Crippen molar-refractivity contribution < 1.29 is 9.59 Å². The van der Waals surface area contributed by atoms with Crippen molar-refractivity contribution in [2.75, 3.05) is 49.8 Å². The first-order valence-corrected chi connectivity index (χ1v) is 10.7. The second-order valence-electron chi connectivity index (χ2n) is 7.61. The molecule has 1 aliphatic rings. The van der Waals surface area contributed by atoms with Crippen molar-refractivity contribution in [1.29, 1.82) is 0 Å². The van der Waals surface area contributed by atoms with Gasteiger partial charge in [0.05, 0.1) is 34.4 Å². The maximum atomic E-state index is 12.8. The van der Waals surface area contributed by atoms with Gasteiger partial charge in [0.25, 0.3) is 11.8 Å². The Morgan fingerprint density at radius 3 is 2.52 bits per heavy atom. The Labute approximate surface area is 196 Å². The van der Waals surface area contributed by atoms with Crippen LogP contribution in [0, 0.1) is 0 Å². The highest BCUT2D eigenvalue weighted by Gasteiger charge is 2.25. The second kappa shape index (κ2) is 9.33. The van der Waals surface area contributed by atoms with E-state index in [0.717, 1.165) is 5.69 Å². The summed E-state index contributed by atoms with van der Waals surface area (Å²) in [6.07, 6.45) is 1.48. The number of carbonyl (C=O) groups excluding carboxylic acids is 2. The Hall–Kier alpha value is -3.85. The van der Waals surface area contributed by atoms with Crippen LogP contribution in [-0.2, 0) is 0 Å². The fraction of sp³-hybridized carbons (Fsp3) is 0.217. The number of fused-ring (bicyclic) bond motifs is 1. The van der Waals surface area contributed by atoms with Gasteiger partial charge >= 0.3 is 0 Å². The minimum atomic E-state index is -0.230. The summed E-state index contributed by atoms with van der Waals surface area (Å²) in [5, 5.41) is 9.25. The smallest absolute Gasteiger partial charge is 0.255 e. The highest BCUT2D eigenvalue weighted by Crippen LogP contribution is 2.34. The van der Waals surface area contributed by atoms with Crippen LogP contribution in [0.4, 0.5) is 28.8 Å². The minimum absolute atomic E-state index is 0.0387. The molecular weight excluding hydrogens is 442 g/mol. The Morgan fingerprint density at radius 1 is 1.00 bits per heavy atom. The van der Waals surface area contributed by atoms with Crippen molar-refractivity contribution in [3.63, 3.8) is 0 Å². The number of carbonyl (C=O) groups is 2. The molecule has 1 aliphatic heterocycles. The predicted octanol–water partition coefficient (Wildman–Crippen LogP) is 3.50. The molecule has 170 valence electrons. The first-order chi connectivity index (χ1) is 15.9. The van der Waals surface area contributed by atoms with Gasteiger partial charge in [-0.05, 0) is 24.3 Å². The van der Waals surface area contributed by atoms with Crippen LogP contribution in [0.3, 0.4) is 0 Å². The molecule has 0 aliphatic carbocycles. The van der Waals surface area contributed by atoms with E-state index < -0.39 is 0 Å². The number of aromatic nitrogens is 2. The number of rotatable bonds is 5. The Kier molecular flexibility index (Phi) is 6.32. The molecule has 0 bridgehead atoms. The number of likely N-dealkylation sites (N-methyl/N-ethyl adjacent to an activating group) is 2.